The summed E-state index contributed by atoms with van der Waals surface area (Å²) in [6.07, 6.45) is -1.31. The number of carbonyl (C=O) groups excluding carboxylic acids is 2. The Bertz CT molecular complexity index is 1230. The van der Waals surface area contributed by atoms with Gasteiger partial charge in [0.05, 0.1) is 31.2 Å². The third-order valence-electron chi connectivity index (χ3n) is 4.99. The van der Waals surface area contributed by atoms with Crippen LogP contribution in [0.25, 0.3) is 0 Å². The number of amides is 2. The number of halogens is 1. The Morgan fingerprint density at radius 2 is 1.75 bits per heavy atom. The number of methoxy groups -OCH3 is 2. The van der Waals surface area contributed by atoms with Gasteiger partial charge in [-0.05, 0) is 42.5 Å². The number of aliphatic imine (C=N–C) groups is 1. The predicted octanol–water partition coefficient (Wildman–Crippen LogP) is 3.39. The number of benzodiazepines with no additional fused rings is 1. The van der Waals surface area contributed by atoms with Gasteiger partial charge in [-0.1, -0.05) is 24.3 Å². The third-order valence-corrected chi connectivity index (χ3v) is 4.99. The Labute approximate surface area is 183 Å². The zero-order valence-corrected chi connectivity index (χ0v) is 17.4. The maximum Gasteiger partial charge on any atom is 0.269 e. The number of benzene rings is 3. The molecule has 2 amide bonds. The molecule has 162 valence electrons. The van der Waals surface area contributed by atoms with Crippen molar-refractivity contribution in [3.8, 4) is 11.5 Å². The van der Waals surface area contributed by atoms with E-state index >= 15 is 0 Å². The highest BCUT2D eigenvalue weighted by molar-refractivity contribution is 6.20. The fourth-order valence-corrected chi connectivity index (χ4v) is 3.41. The van der Waals surface area contributed by atoms with E-state index in [9.17, 15) is 14.0 Å². The van der Waals surface area contributed by atoms with Crippen molar-refractivity contribution in [3.63, 3.8) is 0 Å². The average molecular weight is 433 g/mol. The van der Waals surface area contributed by atoms with Crippen LogP contribution in [0.1, 0.15) is 21.5 Å². The minimum atomic E-state index is -1.31. The molecule has 0 aromatic heterocycles. The first-order chi connectivity index (χ1) is 15.5. The SMILES string of the molecule is COc1ccc2c(c1)C(c1ccccc1F)=NC(NC(=O)c1ccccc1OC)C(=O)N2. The van der Waals surface area contributed by atoms with E-state index in [2.05, 4.69) is 15.6 Å². The number of ether oxygens (including phenoxy) is 2. The lowest BCUT2D eigenvalue weighted by Gasteiger charge is -2.15. The lowest BCUT2D eigenvalue weighted by Crippen LogP contribution is -2.42. The Hall–Kier alpha value is -4.20. The topological polar surface area (TPSA) is 89.0 Å². The molecule has 0 aliphatic carbocycles. The quantitative estimate of drug-likeness (QED) is 0.646. The van der Waals surface area contributed by atoms with Gasteiger partial charge in [0.25, 0.3) is 11.8 Å². The van der Waals surface area contributed by atoms with Gasteiger partial charge in [-0.3, -0.25) is 9.59 Å². The summed E-state index contributed by atoms with van der Waals surface area (Å²) in [6.45, 7) is 0. The van der Waals surface area contributed by atoms with Crippen molar-refractivity contribution in [1.82, 2.24) is 5.32 Å². The van der Waals surface area contributed by atoms with E-state index in [0.717, 1.165) is 0 Å². The van der Waals surface area contributed by atoms with E-state index in [0.29, 0.717) is 22.7 Å². The van der Waals surface area contributed by atoms with Crippen molar-refractivity contribution in [2.45, 2.75) is 6.17 Å². The first-order valence-electron chi connectivity index (χ1n) is 9.77. The molecule has 3 aromatic rings. The van der Waals surface area contributed by atoms with E-state index in [4.69, 9.17) is 9.47 Å². The average Bonchev–Trinajstić information content (AvgIpc) is 2.95. The molecule has 32 heavy (non-hydrogen) atoms. The molecule has 0 saturated heterocycles. The summed E-state index contributed by atoms with van der Waals surface area (Å²) in [5.41, 5.74) is 1.54. The summed E-state index contributed by atoms with van der Waals surface area (Å²) < 4.78 is 25.2. The van der Waals surface area contributed by atoms with Gasteiger partial charge in [-0.2, -0.15) is 0 Å². The molecule has 1 aliphatic heterocycles. The van der Waals surface area contributed by atoms with Gasteiger partial charge in [-0.25, -0.2) is 9.38 Å². The molecule has 4 rings (SSSR count). The van der Waals surface area contributed by atoms with E-state index in [-0.39, 0.29) is 16.8 Å². The second kappa shape index (κ2) is 8.89. The maximum absolute atomic E-state index is 14.7. The highest BCUT2D eigenvalue weighted by atomic mass is 19.1. The zero-order valence-electron chi connectivity index (χ0n) is 17.4. The van der Waals surface area contributed by atoms with Crippen LogP contribution in [0.4, 0.5) is 10.1 Å². The van der Waals surface area contributed by atoms with Crippen LogP contribution >= 0.6 is 0 Å². The molecule has 1 atom stereocenters. The van der Waals surface area contributed by atoms with Gasteiger partial charge in [-0.15, -0.1) is 0 Å². The van der Waals surface area contributed by atoms with Crippen molar-refractivity contribution in [2.24, 2.45) is 4.99 Å². The van der Waals surface area contributed by atoms with E-state index in [1.807, 2.05) is 0 Å². The van der Waals surface area contributed by atoms with Gasteiger partial charge in [0, 0.05) is 11.1 Å². The van der Waals surface area contributed by atoms with Crippen molar-refractivity contribution in [1.29, 1.82) is 0 Å². The lowest BCUT2D eigenvalue weighted by molar-refractivity contribution is -0.117. The largest absolute Gasteiger partial charge is 0.497 e. The standard InChI is InChI=1S/C24H20FN3O4/c1-31-14-11-12-19-17(13-14)21(15-7-3-5-9-18(15)25)27-22(24(30)26-19)28-23(29)16-8-4-6-10-20(16)32-2/h3-13,22H,1-2H3,(H,26,30)(H,28,29). The fraction of sp³-hybridized carbons (Fsp3) is 0.125. The lowest BCUT2D eigenvalue weighted by atomic mass is 10.00. The van der Waals surface area contributed by atoms with Crippen LogP contribution < -0.4 is 20.1 Å². The van der Waals surface area contributed by atoms with Crippen LogP contribution in [0.2, 0.25) is 0 Å². The number of hydrogen-bond donors (Lipinski definition) is 2. The number of carbonyl (C=O) groups is 2. The summed E-state index contributed by atoms with van der Waals surface area (Å²) in [6, 6.07) is 17.7. The molecule has 7 nitrogen and oxygen atoms in total. The first kappa shape index (κ1) is 21.0. The van der Waals surface area contributed by atoms with Crippen molar-refractivity contribution < 1.29 is 23.5 Å². The molecule has 0 fully saturated rings. The van der Waals surface area contributed by atoms with Crippen LogP contribution in [0.5, 0.6) is 11.5 Å². The molecule has 0 saturated carbocycles. The van der Waals surface area contributed by atoms with Crippen LogP contribution in [0.3, 0.4) is 0 Å². The molecule has 8 heteroatoms. The Kier molecular flexibility index (Phi) is 5.85. The van der Waals surface area contributed by atoms with E-state index < -0.39 is 23.8 Å². The summed E-state index contributed by atoms with van der Waals surface area (Å²) in [5.74, 6) is -0.762. The Morgan fingerprint density at radius 3 is 2.50 bits per heavy atom. The highest BCUT2D eigenvalue weighted by Crippen LogP contribution is 2.29. The second-order valence-corrected chi connectivity index (χ2v) is 6.93. The third kappa shape index (κ3) is 4.02. The summed E-state index contributed by atoms with van der Waals surface area (Å²) in [7, 11) is 2.95. The molecule has 0 spiro atoms. The van der Waals surface area contributed by atoms with Crippen molar-refractivity contribution in [3.05, 3.63) is 89.2 Å². The van der Waals surface area contributed by atoms with Gasteiger partial charge in [0.1, 0.15) is 17.3 Å². The number of para-hydroxylation sites is 1. The smallest absolute Gasteiger partial charge is 0.269 e. The number of nitrogens with zero attached hydrogens (tertiary/aromatic N) is 1. The maximum atomic E-state index is 14.7. The van der Waals surface area contributed by atoms with Crippen molar-refractivity contribution in [2.75, 3.05) is 19.5 Å². The zero-order chi connectivity index (χ0) is 22.7. The number of rotatable bonds is 5. The second-order valence-electron chi connectivity index (χ2n) is 6.93. The number of fused-ring (bicyclic) bond motifs is 1. The van der Waals surface area contributed by atoms with Gasteiger partial charge < -0.3 is 20.1 Å². The molecule has 2 N–H and O–H groups in total. The minimum Gasteiger partial charge on any atom is -0.497 e. The predicted molar refractivity (Wildman–Crippen MR) is 118 cm³/mol. The molecule has 0 bridgehead atoms. The monoisotopic (exact) mass is 433 g/mol. The molecule has 1 aliphatic rings. The van der Waals surface area contributed by atoms with Gasteiger partial charge in [0.15, 0.2) is 0 Å². The molecular weight excluding hydrogens is 413 g/mol. The number of hydrogen-bond acceptors (Lipinski definition) is 5. The minimum absolute atomic E-state index is 0.190. The summed E-state index contributed by atoms with van der Waals surface area (Å²) >= 11 is 0. The Balaban J connectivity index is 1.80. The molecule has 3 aromatic carbocycles. The van der Waals surface area contributed by atoms with Gasteiger partial charge >= 0.3 is 0 Å². The normalized spacial score (nSPS) is 15.0. The number of anilines is 1. The summed E-state index contributed by atoms with van der Waals surface area (Å²) in [5, 5.41) is 5.36. The van der Waals surface area contributed by atoms with Crippen LogP contribution in [0.15, 0.2) is 71.7 Å². The van der Waals surface area contributed by atoms with Crippen molar-refractivity contribution >= 4 is 23.2 Å². The fourth-order valence-electron chi connectivity index (χ4n) is 3.41. The van der Waals surface area contributed by atoms with Crippen LogP contribution in [-0.4, -0.2) is 37.9 Å². The molecule has 1 heterocycles. The molecule has 0 radical (unpaired) electrons. The highest BCUT2D eigenvalue weighted by Gasteiger charge is 2.29. The summed E-state index contributed by atoms with van der Waals surface area (Å²) in [4.78, 5) is 30.3. The number of nitrogens with one attached hydrogen (secondary N) is 2. The molecular formula is C24H20FN3O4. The van der Waals surface area contributed by atoms with Crippen LogP contribution in [-0.2, 0) is 4.79 Å². The van der Waals surface area contributed by atoms with Gasteiger partial charge in [0.2, 0.25) is 6.17 Å². The van der Waals surface area contributed by atoms with E-state index in [1.54, 1.807) is 60.7 Å². The first-order valence-corrected chi connectivity index (χ1v) is 9.77. The van der Waals surface area contributed by atoms with Crippen LogP contribution in [0, 0.1) is 5.82 Å². The molecule has 1 unspecified atom stereocenters. The Morgan fingerprint density at radius 1 is 1.00 bits per heavy atom. The van der Waals surface area contributed by atoms with E-state index in [1.165, 1.54) is 20.3 Å².